The quantitative estimate of drug-likeness (QED) is 0.243. The summed E-state index contributed by atoms with van der Waals surface area (Å²) in [5, 5.41) is 14.4. The van der Waals surface area contributed by atoms with Crippen molar-refractivity contribution in [3.8, 4) is 11.3 Å². The molecule has 1 aliphatic carbocycles. The van der Waals surface area contributed by atoms with Crippen molar-refractivity contribution in [1.29, 1.82) is 0 Å². The Morgan fingerprint density at radius 1 is 1.18 bits per heavy atom. The molecule has 0 saturated heterocycles. The van der Waals surface area contributed by atoms with Gasteiger partial charge in [-0.2, -0.15) is 0 Å². The molecule has 3 aromatic rings. The van der Waals surface area contributed by atoms with E-state index in [1.165, 1.54) is 18.3 Å². The molecule has 214 valence electrons. The van der Waals surface area contributed by atoms with Crippen LogP contribution in [0.25, 0.3) is 11.3 Å². The fourth-order valence-corrected chi connectivity index (χ4v) is 5.30. The van der Waals surface area contributed by atoms with Crippen molar-refractivity contribution in [3.05, 3.63) is 65.6 Å². The molecule has 11 heteroatoms. The van der Waals surface area contributed by atoms with Crippen LogP contribution in [0.4, 0.5) is 20.4 Å². The normalized spacial score (nSPS) is 19.6. The molecule has 0 radical (unpaired) electrons. The minimum absolute atomic E-state index is 0.0672. The second-order valence-corrected chi connectivity index (χ2v) is 11.9. The van der Waals surface area contributed by atoms with Crippen LogP contribution >= 0.6 is 0 Å². The van der Waals surface area contributed by atoms with E-state index in [0.717, 1.165) is 11.1 Å². The Bertz CT molecular complexity index is 1300. The summed E-state index contributed by atoms with van der Waals surface area (Å²) in [6.45, 7) is 3.82. The van der Waals surface area contributed by atoms with Gasteiger partial charge in [-0.3, -0.25) is 9.78 Å². The molecule has 0 amide bonds. The van der Waals surface area contributed by atoms with E-state index in [4.69, 9.17) is 4.74 Å². The third kappa shape index (κ3) is 7.52. The standard InChI is InChI=1S/C29H34F2N4O4S/c1-18-14-23(34-26(15-18)35-25-16-20(27(30)31)10-11-32-25)21-6-9-24(33-17-21)29(2,37)22-7-4-19(5-8-22)28(36)39-12-13-40(3)38/h6,9-11,14-17,19,22,27,37H,4-5,7-8,12-13H2,1-3H3,(H,32,34,35)/t19-,22-,29-,40+/m1/s1. The number of anilines is 2. The molecule has 8 nitrogen and oxygen atoms in total. The summed E-state index contributed by atoms with van der Waals surface area (Å²) in [5.41, 5.74) is 1.51. The van der Waals surface area contributed by atoms with E-state index < -0.39 is 23.2 Å². The number of pyridine rings is 3. The first-order valence-corrected chi connectivity index (χ1v) is 14.9. The molecule has 40 heavy (non-hydrogen) atoms. The molecule has 1 fully saturated rings. The number of hydrogen-bond donors (Lipinski definition) is 2. The monoisotopic (exact) mass is 572 g/mol. The fourth-order valence-electron chi connectivity index (χ4n) is 4.98. The van der Waals surface area contributed by atoms with Crippen LogP contribution in [-0.2, 0) is 26.3 Å². The average molecular weight is 573 g/mol. The van der Waals surface area contributed by atoms with Crippen molar-refractivity contribution in [2.75, 3.05) is 23.9 Å². The predicted molar refractivity (Wildman–Crippen MR) is 150 cm³/mol. The van der Waals surface area contributed by atoms with Crippen LogP contribution in [0.2, 0.25) is 0 Å². The van der Waals surface area contributed by atoms with E-state index in [1.54, 1.807) is 31.5 Å². The Morgan fingerprint density at radius 2 is 1.93 bits per heavy atom. The maximum absolute atomic E-state index is 13.1. The summed E-state index contributed by atoms with van der Waals surface area (Å²) >= 11 is -1.00. The molecular weight excluding hydrogens is 538 g/mol. The van der Waals surface area contributed by atoms with E-state index >= 15 is 0 Å². The smallest absolute Gasteiger partial charge is 0.309 e. The Kier molecular flexibility index (Phi) is 9.70. The number of nitrogens with one attached hydrogen (secondary N) is 1. The summed E-state index contributed by atoms with van der Waals surface area (Å²) < 4.78 is 42.6. The summed E-state index contributed by atoms with van der Waals surface area (Å²) in [6, 6.07) is 9.88. The third-order valence-electron chi connectivity index (χ3n) is 7.31. The van der Waals surface area contributed by atoms with Gasteiger partial charge < -0.3 is 19.7 Å². The van der Waals surface area contributed by atoms with Gasteiger partial charge in [-0.25, -0.2) is 18.7 Å². The zero-order valence-corrected chi connectivity index (χ0v) is 23.6. The van der Waals surface area contributed by atoms with Gasteiger partial charge in [-0.15, -0.1) is 0 Å². The van der Waals surface area contributed by atoms with Gasteiger partial charge in [0.05, 0.1) is 23.6 Å². The minimum Gasteiger partial charge on any atom is -0.616 e. The number of rotatable bonds is 10. The number of aliphatic hydroxyl groups is 1. The molecule has 1 aliphatic rings. The number of aryl methyl sites for hydroxylation is 1. The van der Waals surface area contributed by atoms with Crippen molar-refractivity contribution < 1.29 is 28.0 Å². The van der Waals surface area contributed by atoms with Crippen molar-refractivity contribution in [3.63, 3.8) is 0 Å². The fraction of sp³-hybridized carbons (Fsp3) is 0.448. The SMILES string of the molecule is Cc1cc(Nc2cc(C(F)F)ccn2)nc(-c2ccc([C@](C)(O)[C@H]3CC[C@H](C(=O)OCC[S@+](C)[O-])CC3)nc2)c1. The molecular formula is C29H34F2N4O4S. The minimum atomic E-state index is -2.59. The lowest BCUT2D eigenvalue weighted by Gasteiger charge is -2.37. The first kappa shape index (κ1) is 29.8. The first-order chi connectivity index (χ1) is 19.0. The predicted octanol–water partition coefficient (Wildman–Crippen LogP) is 5.46. The number of nitrogens with zero attached hydrogens (tertiary/aromatic N) is 3. The van der Waals surface area contributed by atoms with Gasteiger partial charge in [0.15, 0.2) is 0 Å². The highest BCUT2D eigenvalue weighted by molar-refractivity contribution is 7.90. The van der Waals surface area contributed by atoms with Crippen LogP contribution in [0.1, 0.15) is 55.9 Å². The number of alkyl halides is 2. The van der Waals surface area contributed by atoms with Crippen molar-refractivity contribution in [2.24, 2.45) is 11.8 Å². The lowest BCUT2D eigenvalue weighted by Crippen LogP contribution is -2.37. The molecule has 4 rings (SSSR count). The van der Waals surface area contributed by atoms with Gasteiger partial charge in [0.1, 0.15) is 29.6 Å². The molecule has 2 N–H and O–H groups in total. The molecule has 3 heterocycles. The van der Waals surface area contributed by atoms with Crippen LogP contribution in [0.3, 0.4) is 0 Å². The van der Waals surface area contributed by atoms with Crippen LogP contribution in [0, 0.1) is 18.8 Å². The number of hydrogen-bond acceptors (Lipinski definition) is 8. The van der Waals surface area contributed by atoms with Gasteiger partial charge in [-0.1, -0.05) is 11.2 Å². The largest absolute Gasteiger partial charge is 0.616 e. The molecule has 0 bridgehead atoms. The highest BCUT2D eigenvalue weighted by Gasteiger charge is 2.39. The number of esters is 1. The second kappa shape index (κ2) is 13.0. The number of carbonyl (C=O) groups is 1. The Morgan fingerprint density at radius 3 is 2.58 bits per heavy atom. The van der Waals surface area contributed by atoms with E-state index in [-0.39, 0.29) is 35.8 Å². The summed E-state index contributed by atoms with van der Waals surface area (Å²) in [5.74, 6) is 0.524. The molecule has 0 aliphatic heterocycles. The Labute approximate surface area is 235 Å². The van der Waals surface area contributed by atoms with E-state index in [9.17, 15) is 23.2 Å². The molecule has 2 atom stereocenters. The molecule has 0 aromatic carbocycles. The molecule has 0 spiro atoms. The number of ether oxygens (including phenoxy) is 1. The highest BCUT2D eigenvalue weighted by Crippen LogP contribution is 2.41. The van der Waals surface area contributed by atoms with Crippen molar-refractivity contribution >= 4 is 28.8 Å². The summed E-state index contributed by atoms with van der Waals surface area (Å²) in [4.78, 5) is 25.6. The lowest BCUT2D eigenvalue weighted by atomic mass is 9.73. The maximum atomic E-state index is 13.1. The maximum Gasteiger partial charge on any atom is 0.309 e. The summed E-state index contributed by atoms with van der Waals surface area (Å²) in [7, 11) is 0. The van der Waals surface area contributed by atoms with Gasteiger partial charge >= 0.3 is 5.97 Å². The number of halogens is 2. The van der Waals surface area contributed by atoms with Gasteiger partial charge in [0, 0.05) is 23.5 Å². The van der Waals surface area contributed by atoms with E-state index in [2.05, 4.69) is 20.3 Å². The Balaban J connectivity index is 1.41. The zero-order valence-electron chi connectivity index (χ0n) is 22.8. The average Bonchev–Trinajstić information content (AvgIpc) is 2.92. The van der Waals surface area contributed by atoms with Crippen LogP contribution < -0.4 is 5.32 Å². The van der Waals surface area contributed by atoms with Crippen molar-refractivity contribution in [1.82, 2.24) is 15.0 Å². The highest BCUT2D eigenvalue weighted by atomic mass is 32.2. The number of carbonyl (C=O) groups excluding carboxylic acids is 1. The number of aromatic nitrogens is 3. The van der Waals surface area contributed by atoms with Gasteiger partial charge in [0.2, 0.25) is 0 Å². The molecule has 3 aromatic heterocycles. The topological polar surface area (TPSA) is 120 Å². The first-order valence-electron chi connectivity index (χ1n) is 13.2. The van der Waals surface area contributed by atoms with E-state index in [1.807, 2.05) is 19.1 Å². The van der Waals surface area contributed by atoms with Crippen LogP contribution in [0.5, 0.6) is 0 Å². The van der Waals surface area contributed by atoms with Crippen LogP contribution in [0.15, 0.2) is 48.8 Å². The van der Waals surface area contributed by atoms with E-state index in [0.29, 0.717) is 48.6 Å². The van der Waals surface area contributed by atoms with Crippen molar-refractivity contribution in [2.45, 2.75) is 51.6 Å². The van der Waals surface area contributed by atoms with Gasteiger partial charge in [0.25, 0.3) is 6.43 Å². The Hall–Kier alpha value is -3.15. The lowest BCUT2D eigenvalue weighted by molar-refractivity contribution is -0.150. The zero-order chi connectivity index (χ0) is 28.9. The third-order valence-corrected chi connectivity index (χ3v) is 8.05. The molecule has 0 unspecified atom stereocenters. The summed E-state index contributed by atoms with van der Waals surface area (Å²) in [6.07, 6.45) is 4.51. The molecule has 1 saturated carbocycles. The van der Waals surface area contributed by atoms with Crippen LogP contribution in [-0.4, -0.2) is 49.2 Å². The second-order valence-electron chi connectivity index (χ2n) is 10.4. The van der Waals surface area contributed by atoms with Gasteiger partial charge in [-0.05, 0) is 87.4 Å².